The van der Waals surface area contributed by atoms with Crippen molar-refractivity contribution < 1.29 is 18.0 Å². The first-order valence-electron chi connectivity index (χ1n) is 7.12. The number of amides is 1. The van der Waals surface area contributed by atoms with Crippen LogP contribution in [0.2, 0.25) is 0 Å². The summed E-state index contributed by atoms with van der Waals surface area (Å²) in [6.07, 6.45) is -2.82. The number of hydrogen-bond acceptors (Lipinski definition) is 3. The number of carbonyl (C=O) groups is 1. The molecule has 2 saturated heterocycles. The van der Waals surface area contributed by atoms with Gasteiger partial charge < -0.3 is 15.5 Å². The van der Waals surface area contributed by atoms with E-state index in [1.54, 1.807) is 0 Å². The van der Waals surface area contributed by atoms with Gasteiger partial charge in [0.1, 0.15) is 0 Å². The summed E-state index contributed by atoms with van der Waals surface area (Å²) >= 11 is 0. The monoisotopic (exact) mass is 293 g/mol. The highest BCUT2D eigenvalue weighted by atomic mass is 19.4. The lowest BCUT2D eigenvalue weighted by Crippen LogP contribution is -2.52. The van der Waals surface area contributed by atoms with Crippen LogP contribution in [0.1, 0.15) is 19.3 Å². The van der Waals surface area contributed by atoms with Crippen molar-refractivity contribution >= 4 is 5.91 Å². The Balaban J connectivity index is 1.69. The average molecular weight is 293 g/mol. The third kappa shape index (κ3) is 4.09. The summed E-state index contributed by atoms with van der Waals surface area (Å²) in [5.74, 6) is -1.04. The molecule has 2 rings (SSSR count). The van der Waals surface area contributed by atoms with E-state index in [2.05, 4.69) is 15.5 Å². The smallest absolute Gasteiger partial charge is 0.354 e. The van der Waals surface area contributed by atoms with Gasteiger partial charge in [0.05, 0.1) is 12.0 Å². The Labute approximate surface area is 117 Å². The minimum atomic E-state index is -4.16. The number of carbonyl (C=O) groups excluding carboxylic acids is 1. The SMILES string of the molecule is CN1CCC(CNC(=O)C2CCC(C(F)(F)F)CN2)C1. The van der Waals surface area contributed by atoms with E-state index in [-0.39, 0.29) is 25.3 Å². The first kappa shape index (κ1) is 15.6. The topological polar surface area (TPSA) is 44.4 Å². The van der Waals surface area contributed by atoms with E-state index in [9.17, 15) is 18.0 Å². The van der Waals surface area contributed by atoms with Crippen LogP contribution in [0.3, 0.4) is 0 Å². The molecule has 0 aromatic carbocycles. The summed E-state index contributed by atoms with van der Waals surface area (Å²) in [5.41, 5.74) is 0. The lowest BCUT2D eigenvalue weighted by Gasteiger charge is -2.30. The van der Waals surface area contributed by atoms with Crippen LogP contribution in [0.4, 0.5) is 13.2 Å². The average Bonchev–Trinajstić information content (AvgIpc) is 2.81. The Morgan fingerprint density at radius 3 is 2.60 bits per heavy atom. The van der Waals surface area contributed by atoms with E-state index in [1.807, 2.05) is 7.05 Å². The molecule has 0 saturated carbocycles. The van der Waals surface area contributed by atoms with Gasteiger partial charge in [-0.3, -0.25) is 4.79 Å². The number of halogens is 3. The first-order chi connectivity index (χ1) is 9.36. The Morgan fingerprint density at radius 1 is 1.35 bits per heavy atom. The highest BCUT2D eigenvalue weighted by molar-refractivity contribution is 5.81. The second kappa shape index (κ2) is 6.30. The fraction of sp³-hybridized carbons (Fsp3) is 0.923. The van der Waals surface area contributed by atoms with Gasteiger partial charge in [0.2, 0.25) is 5.91 Å². The number of rotatable bonds is 3. The summed E-state index contributed by atoms with van der Waals surface area (Å²) in [5, 5.41) is 5.58. The Morgan fingerprint density at radius 2 is 2.10 bits per heavy atom. The van der Waals surface area contributed by atoms with E-state index >= 15 is 0 Å². The van der Waals surface area contributed by atoms with Gasteiger partial charge in [-0.25, -0.2) is 0 Å². The third-order valence-corrected chi connectivity index (χ3v) is 4.25. The quantitative estimate of drug-likeness (QED) is 0.815. The van der Waals surface area contributed by atoms with Gasteiger partial charge in [0, 0.05) is 19.6 Å². The van der Waals surface area contributed by atoms with Crippen LogP contribution in [0.25, 0.3) is 0 Å². The van der Waals surface area contributed by atoms with Crippen LogP contribution in [-0.4, -0.2) is 56.3 Å². The Hall–Kier alpha value is -0.820. The van der Waals surface area contributed by atoms with Gasteiger partial charge in [-0.2, -0.15) is 13.2 Å². The highest BCUT2D eigenvalue weighted by Gasteiger charge is 2.42. The van der Waals surface area contributed by atoms with Crippen molar-refractivity contribution in [3.63, 3.8) is 0 Å². The summed E-state index contributed by atoms with van der Waals surface area (Å²) < 4.78 is 37.5. The molecule has 116 valence electrons. The van der Waals surface area contributed by atoms with Crippen LogP contribution in [0.5, 0.6) is 0 Å². The maximum absolute atomic E-state index is 12.5. The van der Waals surface area contributed by atoms with Crippen LogP contribution in [0, 0.1) is 11.8 Å². The molecule has 2 heterocycles. The number of likely N-dealkylation sites (tertiary alicyclic amines) is 1. The van der Waals surface area contributed by atoms with Gasteiger partial charge in [0.25, 0.3) is 0 Å². The molecule has 2 aliphatic rings. The number of nitrogens with zero attached hydrogens (tertiary/aromatic N) is 1. The van der Waals surface area contributed by atoms with Crippen molar-refractivity contribution in [3.05, 3.63) is 0 Å². The molecule has 0 bridgehead atoms. The van der Waals surface area contributed by atoms with Crippen molar-refractivity contribution in [1.29, 1.82) is 0 Å². The van der Waals surface area contributed by atoms with Gasteiger partial charge in [-0.15, -0.1) is 0 Å². The minimum Gasteiger partial charge on any atom is -0.354 e. The summed E-state index contributed by atoms with van der Waals surface area (Å²) in [7, 11) is 2.04. The lowest BCUT2D eigenvalue weighted by molar-refractivity contribution is -0.180. The van der Waals surface area contributed by atoms with Crippen molar-refractivity contribution in [2.45, 2.75) is 31.5 Å². The third-order valence-electron chi connectivity index (χ3n) is 4.25. The molecule has 1 amide bonds. The molecule has 0 radical (unpaired) electrons. The van der Waals surface area contributed by atoms with Crippen molar-refractivity contribution in [2.75, 3.05) is 33.2 Å². The zero-order chi connectivity index (χ0) is 14.8. The fourth-order valence-corrected chi connectivity index (χ4v) is 2.92. The molecule has 2 fully saturated rings. The lowest BCUT2D eigenvalue weighted by atomic mass is 9.94. The molecule has 2 N–H and O–H groups in total. The molecule has 7 heteroatoms. The minimum absolute atomic E-state index is 0.0285. The highest BCUT2D eigenvalue weighted by Crippen LogP contribution is 2.31. The van der Waals surface area contributed by atoms with E-state index in [0.29, 0.717) is 12.5 Å². The van der Waals surface area contributed by atoms with Crippen LogP contribution in [-0.2, 0) is 4.79 Å². The predicted molar refractivity (Wildman–Crippen MR) is 69.2 cm³/mol. The normalized spacial score (nSPS) is 32.3. The molecule has 0 aromatic heterocycles. The fourth-order valence-electron chi connectivity index (χ4n) is 2.92. The van der Waals surface area contributed by atoms with Gasteiger partial charge in [-0.05, 0) is 38.8 Å². The second-order valence-corrected chi connectivity index (χ2v) is 5.94. The molecule has 3 unspecified atom stereocenters. The predicted octanol–water partition coefficient (Wildman–Crippen LogP) is 0.985. The Kier molecular flexibility index (Phi) is 4.90. The van der Waals surface area contributed by atoms with E-state index in [0.717, 1.165) is 19.5 Å². The summed E-state index contributed by atoms with van der Waals surface area (Å²) in [6, 6.07) is -0.479. The number of nitrogens with one attached hydrogen (secondary N) is 2. The van der Waals surface area contributed by atoms with Crippen molar-refractivity contribution in [2.24, 2.45) is 11.8 Å². The molecule has 0 spiro atoms. The van der Waals surface area contributed by atoms with Gasteiger partial charge in [-0.1, -0.05) is 0 Å². The number of piperidine rings is 1. The standard InChI is InChI=1S/C13H22F3N3O/c1-19-5-4-9(8-19)6-18-12(20)11-3-2-10(7-17-11)13(14,15)16/h9-11,17H,2-8H2,1H3,(H,18,20). The van der Waals surface area contributed by atoms with Crippen LogP contribution < -0.4 is 10.6 Å². The van der Waals surface area contributed by atoms with E-state index < -0.39 is 18.1 Å². The first-order valence-corrected chi connectivity index (χ1v) is 7.12. The summed E-state index contributed by atoms with van der Waals surface area (Å²) in [4.78, 5) is 14.1. The molecular formula is C13H22F3N3O. The second-order valence-electron chi connectivity index (χ2n) is 5.94. The van der Waals surface area contributed by atoms with Crippen molar-refractivity contribution in [1.82, 2.24) is 15.5 Å². The number of hydrogen-bond donors (Lipinski definition) is 2. The molecule has 2 aliphatic heterocycles. The Bertz CT molecular complexity index is 340. The maximum Gasteiger partial charge on any atom is 0.393 e. The zero-order valence-corrected chi connectivity index (χ0v) is 11.7. The zero-order valence-electron chi connectivity index (χ0n) is 11.7. The van der Waals surface area contributed by atoms with Crippen LogP contribution in [0.15, 0.2) is 0 Å². The molecular weight excluding hydrogens is 271 g/mol. The van der Waals surface area contributed by atoms with E-state index in [1.165, 1.54) is 0 Å². The molecule has 20 heavy (non-hydrogen) atoms. The molecule has 0 aromatic rings. The van der Waals surface area contributed by atoms with Crippen molar-refractivity contribution in [3.8, 4) is 0 Å². The molecule has 3 atom stereocenters. The maximum atomic E-state index is 12.5. The summed E-state index contributed by atoms with van der Waals surface area (Å²) in [6.45, 7) is 2.46. The number of alkyl halides is 3. The van der Waals surface area contributed by atoms with Gasteiger partial charge in [0.15, 0.2) is 0 Å². The largest absolute Gasteiger partial charge is 0.393 e. The molecule has 4 nitrogen and oxygen atoms in total. The van der Waals surface area contributed by atoms with Gasteiger partial charge >= 0.3 is 6.18 Å². The van der Waals surface area contributed by atoms with Crippen LogP contribution >= 0.6 is 0 Å². The van der Waals surface area contributed by atoms with E-state index in [4.69, 9.17) is 0 Å². The molecule has 0 aliphatic carbocycles.